The molecule has 0 aromatic rings. The molecular formula is C22H44NNaO6S. The van der Waals surface area contributed by atoms with Gasteiger partial charge in [-0.3, -0.25) is 14.1 Å². The molecule has 31 heavy (non-hydrogen) atoms. The number of unbranched alkanes of at least 4 members (excludes halogenated alkanes) is 15. The van der Waals surface area contributed by atoms with E-state index in [9.17, 15) is 18.0 Å². The van der Waals surface area contributed by atoms with Crippen molar-refractivity contribution in [3.63, 3.8) is 0 Å². The van der Waals surface area contributed by atoms with Gasteiger partial charge in [0.1, 0.15) is 0 Å². The average molecular weight is 474 g/mol. The van der Waals surface area contributed by atoms with Gasteiger partial charge in [0.2, 0.25) is 5.91 Å². The molecule has 180 valence electrons. The topological polar surface area (TPSA) is 124 Å². The molecule has 0 aromatic carbocycles. The number of esters is 1. The zero-order valence-corrected chi connectivity index (χ0v) is 22.6. The Morgan fingerprint density at radius 1 is 0.806 bits per heavy atom. The van der Waals surface area contributed by atoms with Gasteiger partial charge >= 0.3 is 35.5 Å². The maximum Gasteiger partial charge on any atom is 1.00 e. The Kier molecular flexibility index (Phi) is 23.1. The zero-order valence-electron chi connectivity index (χ0n) is 20.8. The molecule has 0 aliphatic rings. The third-order valence-electron chi connectivity index (χ3n) is 5.25. The summed E-state index contributed by atoms with van der Waals surface area (Å²) < 4.78 is 36.1. The fourth-order valence-electron chi connectivity index (χ4n) is 3.41. The Morgan fingerprint density at radius 3 is 1.48 bits per heavy atom. The molecule has 0 aliphatic heterocycles. The monoisotopic (exact) mass is 473 g/mol. The van der Waals surface area contributed by atoms with Crippen molar-refractivity contribution in [3.05, 3.63) is 0 Å². The predicted molar refractivity (Wildman–Crippen MR) is 121 cm³/mol. The number of amides is 1. The molecule has 0 heterocycles. The molecule has 1 atom stereocenters. The molecular weight excluding hydrogens is 429 g/mol. The van der Waals surface area contributed by atoms with Crippen LogP contribution in [0.4, 0.5) is 0 Å². The standard InChI is InChI=1S/C22H43NO6S.Na.H/c1-2-3-4-5-6-7-8-9-10-11-12-13-14-15-16-17-18-29-22(25)20(19-21(23)24)30(26,27)28;;/h20H,2-19H2,1H3,(H2,23,24)(H,26,27,28);;/q;+1;-1. The molecule has 0 spiro atoms. The molecule has 0 radical (unpaired) electrons. The van der Waals surface area contributed by atoms with Crippen LogP contribution >= 0.6 is 0 Å². The number of rotatable bonds is 21. The maximum absolute atomic E-state index is 11.7. The van der Waals surface area contributed by atoms with Crippen LogP contribution in [0.5, 0.6) is 0 Å². The predicted octanol–water partition coefficient (Wildman–Crippen LogP) is 2.04. The Balaban J connectivity index is -0.00000420. The van der Waals surface area contributed by atoms with E-state index < -0.39 is 33.7 Å². The quantitative estimate of drug-likeness (QED) is 0.114. The molecule has 1 amide bonds. The molecule has 0 fully saturated rings. The van der Waals surface area contributed by atoms with Crippen LogP contribution in [0.3, 0.4) is 0 Å². The maximum atomic E-state index is 11.7. The first-order chi connectivity index (χ1) is 14.3. The Bertz CT molecular complexity index is 563. The van der Waals surface area contributed by atoms with Crippen LogP contribution in [-0.4, -0.2) is 36.7 Å². The Labute approximate surface area is 213 Å². The summed E-state index contributed by atoms with van der Waals surface area (Å²) in [5.41, 5.74) is 4.90. The third-order valence-corrected chi connectivity index (χ3v) is 6.33. The van der Waals surface area contributed by atoms with E-state index in [1.807, 2.05) is 0 Å². The number of nitrogens with two attached hydrogens (primary N) is 1. The van der Waals surface area contributed by atoms with E-state index in [0.717, 1.165) is 19.3 Å². The van der Waals surface area contributed by atoms with Gasteiger partial charge in [0, 0.05) is 0 Å². The molecule has 0 saturated carbocycles. The number of ether oxygens (including phenoxy) is 1. The second-order valence-electron chi connectivity index (χ2n) is 8.14. The van der Waals surface area contributed by atoms with Gasteiger partial charge in [-0.15, -0.1) is 0 Å². The van der Waals surface area contributed by atoms with Crippen molar-refractivity contribution in [1.82, 2.24) is 0 Å². The second-order valence-corrected chi connectivity index (χ2v) is 9.74. The number of hydrogen-bond acceptors (Lipinski definition) is 5. The van der Waals surface area contributed by atoms with E-state index in [1.165, 1.54) is 77.0 Å². The first-order valence-corrected chi connectivity index (χ1v) is 13.2. The van der Waals surface area contributed by atoms with E-state index in [-0.39, 0.29) is 37.6 Å². The summed E-state index contributed by atoms with van der Waals surface area (Å²) in [5.74, 6) is -2.12. The molecule has 0 aliphatic carbocycles. The van der Waals surface area contributed by atoms with Crippen LogP contribution in [0.15, 0.2) is 0 Å². The van der Waals surface area contributed by atoms with Crippen LogP contribution in [0.2, 0.25) is 0 Å². The van der Waals surface area contributed by atoms with Gasteiger partial charge in [0.15, 0.2) is 5.25 Å². The summed E-state index contributed by atoms with van der Waals surface area (Å²) in [5, 5.41) is -1.93. The minimum atomic E-state index is -4.71. The van der Waals surface area contributed by atoms with Crippen LogP contribution in [0.25, 0.3) is 0 Å². The molecule has 3 N–H and O–H groups in total. The van der Waals surface area contributed by atoms with E-state index in [0.29, 0.717) is 6.42 Å². The van der Waals surface area contributed by atoms with Gasteiger partial charge in [-0.05, 0) is 6.42 Å². The Morgan fingerprint density at radius 2 is 1.16 bits per heavy atom. The van der Waals surface area contributed by atoms with Crippen molar-refractivity contribution < 1.29 is 58.3 Å². The van der Waals surface area contributed by atoms with Crippen molar-refractivity contribution in [2.75, 3.05) is 6.61 Å². The van der Waals surface area contributed by atoms with Crippen molar-refractivity contribution >= 4 is 22.0 Å². The van der Waals surface area contributed by atoms with Crippen molar-refractivity contribution in [2.24, 2.45) is 5.73 Å². The van der Waals surface area contributed by atoms with E-state index in [4.69, 9.17) is 15.0 Å². The summed E-state index contributed by atoms with van der Waals surface area (Å²) in [6.45, 7) is 2.32. The summed E-state index contributed by atoms with van der Waals surface area (Å²) in [4.78, 5) is 22.5. The van der Waals surface area contributed by atoms with Crippen molar-refractivity contribution in [1.29, 1.82) is 0 Å². The van der Waals surface area contributed by atoms with Crippen LogP contribution in [0.1, 0.15) is 118 Å². The second kappa shape index (κ2) is 21.7. The van der Waals surface area contributed by atoms with Crippen molar-refractivity contribution in [3.8, 4) is 0 Å². The molecule has 1 unspecified atom stereocenters. The smallest absolute Gasteiger partial charge is 1.00 e. The molecule has 0 bridgehead atoms. The fraction of sp³-hybridized carbons (Fsp3) is 0.909. The average Bonchev–Trinajstić information content (AvgIpc) is 2.67. The van der Waals surface area contributed by atoms with Gasteiger partial charge in [-0.25, -0.2) is 0 Å². The first-order valence-electron chi connectivity index (χ1n) is 11.7. The molecule has 7 nitrogen and oxygen atoms in total. The summed E-state index contributed by atoms with van der Waals surface area (Å²) in [7, 11) is -4.71. The number of carbonyl (C=O) groups is 2. The van der Waals surface area contributed by atoms with Crippen molar-refractivity contribution in [2.45, 2.75) is 121 Å². The number of primary amides is 1. The number of carbonyl (C=O) groups excluding carboxylic acids is 2. The first kappa shape index (κ1) is 33.0. The van der Waals surface area contributed by atoms with Gasteiger partial charge in [-0.1, -0.05) is 103 Å². The summed E-state index contributed by atoms with van der Waals surface area (Å²) in [6, 6.07) is 0. The van der Waals surface area contributed by atoms with E-state index in [1.54, 1.807) is 0 Å². The van der Waals surface area contributed by atoms with E-state index >= 15 is 0 Å². The van der Waals surface area contributed by atoms with Gasteiger partial charge in [-0.2, -0.15) is 8.42 Å². The van der Waals surface area contributed by atoms with Crippen LogP contribution in [-0.2, 0) is 24.4 Å². The third kappa shape index (κ3) is 21.5. The molecule has 0 aromatic heterocycles. The van der Waals surface area contributed by atoms with Crippen LogP contribution in [0, 0.1) is 0 Å². The largest absolute Gasteiger partial charge is 1.00 e. The Hall–Kier alpha value is -0.150. The van der Waals surface area contributed by atoms with Gasteiger partial charge in [0.25, 0.3) is 10.1 Å². The van der Waals surface area contributed by atoms with Gasteiger partial charge < -0.3 is 11.9 Å². The van der Waals surface area contributed by atoms with Gasteiger partial charge in [0.05, 0.1) is 13.0 Å². The zero-order chi connectivity index (χ0) is 22.7. The summed E-state index contributed by atoms with van der Waals surface area (Å²) in [6.07, 6.45) is 18.9. The number of hydrogen-bond donors (Lipinski definition) is 2. The van der Waals surface area contributed by atoms with Crippen LogP contribution < -0.4 is 35.3 Å². The fourth-order valence-corrected chi connectivity index (χ4v) is 4.09. The molecule has 0 rings (SSSR count). The minimum absolute atomic E-state index is 0. The molecule has 9 heteroatoms. The van der Waals surface area contributed by atoms with E-state index in [2.05, 4.69) is 6.92 Å². The normalized spacial score (nSPS) is 12.2. The SMILES string of the molecule is CCCCCCCCCCCCCCCCCCOC(=O)C(CC(N)=O)S(=O)(=O)O.[H-].[Na+]. The minimum Gasteiger partial charge on any atom is -1.00 e. The summed E-state index contributed by atoms with van der Waals surface area (Å²) >= 11 is 0. The molecule has 0 saturated heterocycles.